The molecule has 3 atom stereocenters. The van der Waals surface area contributed by atoms with Gasteiger partial charge in [-0.2, -0.15) is 0 Å². The number of rotatable bonds is 40. The van der Waals surface area contributed by atoms with Crippen molar-refractivity contribution in [2.24, 2.45) is 5.73 Å². The third-order valence-corrected chi connectivity index (χ3v) is 10.0. The average molecular weight is 725 g/mol. The second kappa shape index (κ2) is 38.2. The first-order valence-electron chi connectivity index (χ1n) is 21.8. The van der Waals surface area contributed by atoms with Gasteiger partial charge in [-0.1, -0.05) is 162 Å². The van der Waals surface area contributed by atoms with Gasteiger partial charge in [0.05, 0.1) is 31.9 Å². The highest BCUT2D eigenvalue weighted by Gasteiger charge is 2.19. The Labute approximate surface area is 314 Å². The zero-order valence-electron chi connectivity index (χ0n) is 33.8. The molecule has 0 bridgehead atoms. The first-order chi connectivity index (χ1) is 24.9. The Kier molecular flexibility index (Phi) is 37.1. The number of aliphatic hydroxyl groups excluding tert-OH is 1. The van der Waals surface area contributed by atoms with Gasteiger partial charge in [-0.05, 0) is 32.1 Å². The van der Waals surface area contributed by atoms with Gasteiger partial charge in [-0.25, -0.2) is 0 Å². The van der Waals surface area contributed by atoms with E-state index in [1.807, 2.05) is 0 Å². The number of amides is 1. The molecule has 0 spiro atoms. The van der Waals surface area contributed by atoms with Gasteiger partial charge >= 0.3 is 5.97 Å². The molecule has 302 valence electrons. The highest BCUT2D eigenvalue weighted by atomic mass is 16.5. The van der Waals surface area contributed by atoms with Gasteiger partial charge in [0, 0.05) is 25.7 Å². The van der Waals surface area contributed by atoms with Crippen molar-refractivity contribution in [1.82, 2.24) is 5.32 Å². The fourth-order valence-corrected chi connectivity index (χ4v) is 6.55. The van der Waals surface area contributed by atoms with E-state index in [2.05, 4.69) is 26.1 Å². The number of hydrogen-bond acceptors (Lipinski definition) is 7. The largest absolute Gasteiger partial charge is 0.462 e. The van der Waals surface area contributed by atoms with E-state index in [9.17, 15) is 19.5 Å². The van der Waals surface area contributed by atoms with E-state index < -0.39 is 6.04 Å². The number of ketones is 1. The molecule has 0 radical (unpaired) electrons. The summed E-state index contributed by atoms with van der Waals surface area (Å²) in [6, 6.07) is -1.22. The van der Waals surface area contributed by atoms with Gasteiger partial charge in [-0.3, -0.25) is 14.4 Å². The molecule has 8 nitrogen and oxygen atoms in total. The van der Waals surface area contributed by atoms with E-state index in [1.165, 1.54) is 116 Å². The SMILES string of the molecule is CCCCCCCCCCCCCC(=O)N[C@@H](CCC(=O)[C@@H](N)CO)COCC[C@@H](CCCCCCC)OC(=O)CCCCCCCCCCC. The summed E-state index contributed by atoms with van der Waals surface area (Å²) in [6.45, 7) is 7.01. The minimum absolute atomic E-state index is 0.0196. The monoisotopic (exact) mass is 725 g/mol. The molecule has 0 aromatic rings. The van der Waals surface area contributed by atoms with Gasteiger partial charge in [-0.15, -0.1) is 0 Å². The number of aliphatic hydroxyl groups is 1. The first-order valence-corrected chi connectivity index (χ1v) is 21.8. The van der Waals surface area contributed by atoms with Crippen molar-refractivity contribution < 1.29 is 29.0 Å². The molecular formula is C43H84N2O6. The fraction of sp³-hybridized carbons (Fsp3) is 0.930. The molecule has 0 aromatic carbocycles. The second-order valence-electron chi connectivity index (χ2n) is 15.1. The standard InChI is InChI=1S/C43H84N2O6/c1-4-7-10-13-15-17-18-20-21-24-27-30-42(48)45-38(32-33-41(47)40(44)36-46)37-50-35-34-39(29-26-23-12-9-6-3)51-43(49)31-28-25-22-19-16-14-11-8-5-2/h38-40,46H,4-37,44H2,1-3H3,(H,45,48)/t38-,39+,40-/m0/s1. The number of nitrogens with two attached hydrogens (primary N) is 1. The number of Topliss-reactive ketones (excluding diaryl/α,β-unsaturated/α-hetero) is 1. The molecule has 0 aromatic heterocycles. The third kappa shape index (κ3) is 34.0. The van der Waals surface area contributed by atoms with Crippen molar-refractivity contribution in [2.45, 2.75) is 238 Å². The van der Waals surface area contributed by atoms with Crippen LogP contribution in [0.1, 0.15) is 220 Å². The maximum Gasteiger partial charge on any atom is 0.306 e. The van der Waals surface area contributed by atoms with Crippen LogP contribution in [0.15, 0.2) is 0 Å². The number of esters is 1. The Morgan fingerprint density at radius 1 is 0.569 bits per heavy atom. The topological polar surface area (TPSA) is 128 Å². The van der Waals surface area contributed by atoms with Crippen LogP contribution in [-0.4, -0.2) is 60.8 Å². The Morgan fingerprint density at radius 2 is 1.02 bits per heavy atom. The number of carbonyl (C=O) groups is 3. The van der Waals surface area contributed by atoms with Crippen LogP contribution < -0.4 is 11.1 Å². The van der Waals surface area contributed by atoms with Crippen LogP contribution in [0.5, 0.6) is 0 Å². The maximum atomic E-state index is 12.8. The quantitative estimate of drug-likeness (QED) is 0.0424. The van der Waals surface area contributed by atoms with E-state index in [0.717, 1.165) is 51.4 Å². The Bertz CT molecular complexity index is 794. The average Bonchev–Trinajstić information content (AvgIpc) is 3.12. The molecule has 0 aliphatic carbocycles. The molecule has 51 heavy (non-hydrogen) atoms. The lowest BCUT2D eigenvalue weighted by Gasteiger charge is -2.21. The van der Waals surface area contributed by atoms with E-state index in [-0.39, 0.29) is 49.4 Å². The van der Waals surface area contributed by atoms with Crippen molar-refractivity contribution in [3.8, 4) is 0 Å². The molecule has 0 rings (SSSR count). The van der Waals surface area contributed by atoms with E-state index >= 15 is 0 Å². The van der Waals surface area contributed by atoms with E-state index in [1.54, 1.807) is 0 Å². The van der Waals surface area contributed by atoms with Gasteiger partial charge in [0.2, 0.25) is 5.91 Å². The molecule has 0 aliphatic rings. The molecule has 0 saturated heterocycles. The van der Waals surface area contributed by atoms with E-state index in [4.69, 9.17) is 15.2 Å². The van der Waals surface area contributed by atoms with Crippen molar-refractivity contribution in [3.05, 3.63) is 0 Å². The Morgan fingerprint density at radius 3 is 1.51 bits per heavy atom. The maximum absolute atomic E-state index is 12.8. The fourth-order valence-electron chi connectivity index (χ4n) is 6.55. The summed E-state index contributed by atoms with van der Waals surface area (Å²) in [7, 11) is 0. The molecule has 0 heterocycles. The van der Waals surface area contributed by atoms with Crippen LogP contribution in [0.4, 0.5) is 0 Å². The predicted octanol–water partition coefficient (Wildman–Crippen LogP) is 10.4. The number of ether oxygens (including phenoxy) is 2. The van der Waals surface area contributed by atoms with Gasteiger partial charge in [0.15, 0.2) is 5.78 Å². The highest BCUT2D eigenvalue weighted by molar-refractivity contribution is 5.84. The lowest BCUT2D eigenvalue weighted by atomic mass is 10.0. The van der Waals surface area contributed by atoms with Crippen molar-refractivity contribution >= 4 is 17.7 Å². The van der Waals surface area contributed by atoms with Crippen LogP contribution in [0, 0.1) is 0 Å². The molecule has 0 aliphatic heterocycles. The first kappa shape index (κ1) is 49.5. The second-order valence-corrected chi connectivity index (χ2v) is 15.1. The van der Waals surface area contributed by atoms with Gasteiger partial charge < -0.3 is 25.6 Å². The molecule has 8 heteroatoms. The van der Waals surface area contributed by atoms with E-state index in [0.29, 0.717) is 32.3 Å². The number of hydrogen-bond donors (Lipinski definition) is 3. The van der Waals surface area contributed by atoms with Crippen molar-refractivity contribution in [2.75, 3.05) is 19.8 Å². The van der Waals surface area contributed by atoms with Gasteiger partial charge in [0.1, 0.15) is 6.10 Å². The smallest absolute Gasteiger partial charge is 0.306 e. The summed E-state index contributed by atoms with van der Waals surface area (Å²) >= 11 is 0. The summed E-state index contributed by atoms with van der Waals surface area (Å²) in [5.74, 6) is -0.347. The molecular weight excluding hydrogens is 640 g/mol. The molecule has 4 N–H and O–H groups in total. The Balaban J connectivity index is 4.69. The predicted molar refractivity (Wildman–Crippen MR) is 213 cm³/mol. The molecule has 0 fully saturated rings. The highest BCUT2D eigenvalue weighted by Crippen LogP contribution is 2.16. The van der Waals surface area contributed by atoms with Crippen molar-refractivity contribution in [1.29, 1.82) is 0 Å². The number of nitrogens with one attached hydrogen (secondary N) is 1. The molecule has 0 unspecified atom stereocenters. The summed E-state index contributed by atoms with van der Waals surface area (Å²) in [5.41, 5.74) is 5.73. The van der Waals surface area contributed by atoms with Crippen LogP contribution in [-0.2, 0) is 23.9 Å². The Hall–Kier alpha value is -1.51. The van der Waals surface area contributed by atoms with Crippen LogP contribution in [0.3, 0.4) is 0 Å². The van der Waals surface area contributed by atoms with Crippen LogP contribution in [0.2, 0.25) is 0 Å². The lowest BCUT2D eigenvalue weighted by molar-refractivity contribution is -0.150. The van der Waals surface area contributed by atoms with Gasteiger partial charge in [0.25, 0.3) is 0 Å². The minimum Gasteiger partial charge on any atom is -0.462 e. The third-order valence-electron chi connectivity index (χ3n) is 10.0. The molecule has 0 saturated carbocycles. The van der Waals surface area contributed by atoms with Crippen LogP contribution in [0.25, 0.3) is 0 Å². The summed E-state index contributed by atoms with van der Waals surface area (Å²) in [5, 5.41) is 12.4. The summed E-state index contributed by atoms with van der Waals surface area (Å²) in [4.78, 5) is 37.9. The summed E-state index contributed by atoms with van der Waals surface area (Å²) < 4.78 is 12.0. The normalized spacial score (nSPS) is 13.2. The van der Waals surface area contributed by atoms with Crippen LogP contribution >= 0.6 is 0 Å². The minimum atomic E-state index is -0.901. The number of unbranched alkanes of at least 4 members (excludes halogenated alkanes) is 22. The van der Waals surface area contributed by atoms with Crippen molar-refractivity contribution in [3.63, 3.8) is 0 Å². The molecule has 1 amide bonds. The lowest BCUT2D eigenvalue weighted by Crippen LogP contribution is -2.40. The summed E-state index contributed by atoms with van der Waals surface area (Å²) in [6.07, 6.45) is 33.1. The zero-order valence-corrected chi connectivity index (χ0v) is 33.8. The zero-order chi connectivity index (χ0) is 37.6. The number of carbonyl (C=O) groups excluding carboxylic acids is 3.